The van der Waals surface area contributed by atoms with Crippen LogP contribution in [0.1, 0.15) is 22.3 Å². The van der Waals surface area contributed by atoms with E-state index < -0.39 is 22.7 Å². The maximum atomic E-state index is 12.3. The molecule has 0 aromatic heterocycles. The maximum Gasteiger partial charge on any atom is 0.269 e. The molecular formula is C19H18N4O5. The van der Waals surface area contributed by atoms with Crippen molar-refractivity contribution in [3.05, 3.63) is 69.8 Å². The molecule has 0 radical (unpaired) electrons. The fraction of sp³-hybridized carbons (Fsp3) is 0.211. The van der Waals surface area contributed by atoms with Crippen LogP contribution in [-0.2, 0) is 9.59 Å². The van der Waals surface area contributed by atoms with Crippen molar-refractivity contribution < 1.29 is 19.3 Å². The van der Waals surface area contributed by atoms with Crippen molar-refractivity contribution in [3.8, 4) is 0 Å². The van der Waals surface area contributed by atoms with Gasteiger partial charge in [-0.15, -0.1) is 0 Å². The summed E-state index contributed by atoms with van der Waals surface area (Å²) >= 11 is 0. The number of benzene rings is 2. The molecule has 1 aliphatic heterocycles. The second kappa shape index (κ2) is 7.87. The number of non-ortho nitro benzene ring substituents is 1. The van der Waals surface area contributed by atoms with Crippen molar-refractivity contribution in [1.29, 1.82) is 0 Å². The monoisotopic (exact) mass is 382 g/mol. The lowest BCUT2D eigenvalue weighted by molar-refractivity contribution is -0.384. The molecule has 2 aromatic carbocycles. The highest BCUT2D eigenvalue weighted by Crippen LogP contribution is 2.25. The minimum Gasteiger partial charge on any atom is -0.312 e. The van der Waals surface area contributed by atoms with Crippen molar-refractivity contribution in [1.82, 2.24) is 10.9 Å². The Morgan fingerprint density at radius 1 is 1.07 bits per heavy atom. The quantitative estimate of drug-likeness (QED) is 0.616. The Morgan fingerprint density at radius 2 is 1.71 bits per heavy atom. The third-order valence-corrected chi connectivity index (χ3v) is 4.48. The number of rotatable bonds is 4. The number of hydrogen-bond donors (Lipinski definition) is 2. The molecule has 0 aliphatic carbocycles. The average molecular weight is 382 g/mol. The van der Waals surface area contributed by atoms with Crippen molar-refractivity contribution in [2.24, 2.45) is 5.92 Å². The molecule has 9 nitrogen and oxygen atoms in total. The Kier molecular flexibility index (Phi) is 5.35. The van der Waals surface area contributed by atoms with Crippen molar-refractivity contribution in [2.45, 2.75) is 13.3 Å². The van der Waals surface area contributed by atoms with Gasteiger partial charge in [-0.2, -0.15) is 0 Å². The van der Waals surface area contributed by atoms with Crippen LogP contribution in [0.5, 0.6) is 0 Å². The molecule has 0 bridgehead atoms. The van der Waals surface area contributed by atoms with Gasteiger partial charge in [0.15, 0.2) is 0 Å². The van der Waals surface area contributed by atoms with Crippen LogP contribution in [0.3, 0.4) is 0 Å². The second-order valence-corrected chi connectivity index (χ2v) is 6.49. The van der Waals surface area contributed by atoms with E-state index in [-0.39, 0.29) is 30.1 Å². The number of aryl methyl sites for hydroxylation is 1. The summed E-state index contributed by atoms with van der Waals surface area (Å²) in [6.07, 6.45) is 0.0487. The van der Waals surface area contributed by atoms with Gasteiger partial charge in [0.1, 0.15) is 0 Å². The molecule has 3 amide bonds. The number of carbonyl (C=O) groups is 3. The lowest BCUT2D eigenvalue weighted by Gasteiger charge is -2.17. The molecule has 1 fully saturated rings. The normalized spacial score (nSPS) is 16.0. The summed E-state index contributed by atoms with van der Waals surface area (Å²) in [6, 6.07) is 12.4. The van der Waals surface area contributed by atoms with E-state index >= 15 is 0 Å². The van der Waals surface area contributed by atoms with Crippen LogP contribution in [0, 0.1) is 23.0 Å². The highest BCUT2D eigenvalue weighted by atomic mass is 16.6. The number of hydrazine groups is 1. The van der Waals surface area contributed by atoms with E-state index in [0.29, 0.717) is 0 Å². The second-order valence-electron chi connectivity index (χ2n) is 6.49. The third kappa shape index (κ3) is 4.14. The van der Waals surface area contributed by atoms with Crippen LogP contribution in [-0.4, -0.2) is 29.2 Å². The Balaban J connectivity index is 1.56. The molecule has 1 aliphatic rings. The van der Waals surface area contributed by atoms with Gasteiger partial charge in [0.2, 0.25) is 11.8 Å². The van der Waals surface area contributed by atoms with Crippen LogP contribution in [0.25, 0.3) is 0 Å². The zero-order valence-corrected chi connectivity index (χ0v) is 15.0. The van der Waals surface area contributed by atoms with Gasteiger partial charge in [0.25, 0.3) is 11.6 Å². The molecular weight excluding hydrogens is 364 g/mol. The summed E-state index contributed by atoms with van der Waals surface area (Å²) in [6.45, 7) is 2.17. The summed E-state index contributed by atoms with van der Waals surface area (Å²) in [4.78, 5) is 48.2. The van der Waals surface area contributed by atoms with Gasteiger partial charge in [0, 0.05) is 36.3 Å². The topological polar surface area (TPSA) is 122 Å². The molecule has 0 spiro atoms. The van der Waals surface area contributed by atoms with E-state index in [0.717, 1.165) is 11.3 Å². The van der Waals surface area contributed by atoms with E-state index in [9.17, 15) is 24.5 Å². The van der Waals surface area contributed by atoms with Crippen molar-refractivity contribution in [3.63, 3.8) is 0 Å². The zero-order chi connectivity index (χ0) is 20.3. The van der Waals surface area contributed by atoms with Gasteiger partial charge in [-0.25, -0.2) is 0 Å². The molecule has 1 saturated heterocycles. The van der Waals surface area contributed by atoms with Gasteiger partial charge in [-0.05, 0) is 31.2 Å². The van der Waals surface area contributed by atoms with Gasteiger partial charge in [0.05, 0.1) is 10.8 Å². The van der Waals surface area contributed by atoms with Crippen LogP contribution >= 0.6 is 0 Å². The fourth-order valence-corrected chi connectivity index (χ4v) is 2.88. The lowest BCUT2D eigenvalue weighted by atomic mass is 10.1. The van der Waals surface area contributed by atoms with E-state index in [1.807, 2.05) is 31.2 Å². The first kappa shape index (κ1) is 19.0. The number of carbonyl (C=O) groups excluding carboxylic acids is 3. The first-order valence-corrected chi connectivity index (χ1v) is 8.57. The molecule has 28 heavy (non-hydrogen) atoms. The Hall–Kier alpha value is -3.75. The summed E-state index contributed by atoms with van der Waals surface area (Å²) in [7, 11) is 0. The summed E-state index contributed by atoms with van der Waals surface area (Å²) in [5, 5.41) is 10.6. The molecule has 0 unspecified atom stereocenters. The molecule has 0 saturated carbocycles. The summed E-state index contributed by atoms with van der Waals surface area (Å²) in [5.41, 5.74) is 6.39. The van der Waals surface area contributed by atoms with Crippen LogP contribution < -0.4 is 15.8 Å². The number of nitro groups is 1. The summed E-state index contributed by atoms with van der Waals surface area (Å²) < 4.78 is 0. The van der Waals surface area contributed by atoms with Crippen LogP contribution in [0.2, 0.25) is 0 Å². The van der Waals surface area contributed by atoms with Gasteiger partial charge >= 0.3 is 0 Å². The van der Waals surface area contributed by atoms with Gasteiger partial charge in [-0.1, -0.05) is 17.7 Å². The fourth-order valence-electron chi connectivity index (χ4n) is 2.88. The number of hydrogen-bond acceptors (Lipinski definition) is 5. The maximum absolute atomic E-state index is 12.3. The van der Waals surface area contributed by atoms with E-state index in [4.69, 9.17) is 0 Å². The average Bonchev–Trinajstić information content (AvgIpc) is 3.08. The molecule has 2 N–H and O–H groups in total. The lowest BCUT2D eigenvalue weighted by Crippen LogP contribution is -2.45. The Labute approximate surface area is 160 Å². The van der Waals surface area contributed by atoms with E-state index in [1.165, 1.54) is 24.3 Å². The molecule has 3 rings (SSSR count). The Bertz CT molecular complexity index is 924. The molecule has 1 atom stereocenters. The smallest absolute Gasteiger partial charge is 0.269 e. The van der Waals surface area contributed by atoms with Gasteiger partial charge in [-0.3, -0.25) is 35.3 Å². The van der Waals surface area contributed by atoms with E-state index in [1.54, 1.807) is 4.90 Å². The predicted molar refractivity (Wildman–Crippen MR) is 100 cm³/mol. The molecule has 144 valence electrons. The molecule has 2 aromatic rings. The van der Waals surface area contributed by atoms with E-state index in [2.05, 4.69) is 10.9 Å². The number of amides is 3. The number of nitrogens with zero attached hydrogens (tertiary/aromatic N) is 2. The predicted octanol–water partition coefficient (Wildman–Crippen LogP) is 1.72. The Morgan fingerprint density at radius 3 is 2.32 bits per heavy atom. The number of anilines is 1. The first-order valence-electron chi connectivity index (χ1n) is 8.57. The zero-order valence-electron chi connectivity index (χ0n) is 15.0. The molecule has 1 heterocycles. The number of nitro benzene ring substituents is 1. The molecule has 9 heteroatoms. The van der Waals surface area contributed by atoms with Crippen molar-refractivity contribution in [2.75, 3.05) is 11.4 Å². The highest BCUT2D eigenvalue weighted by Gasteiger charge is 2.35. The largest absolute Gasteiger partial charge is 0.312 e. The third-order valence-electron chi connectivity index (χ3n) is 4.48. The van der Waals surface area contributed by atoms with Crippen LogP contribution in [0.4, 0.5) is 11.4 Å². The summed E-state index contributed by atoms with van der Waals surface area (Å²) in [5.74, 6) is -1.84. The highest BCUT2D eigenvalue weighted by molar-refractivity contribution is 6.01. The number of nitrogens with one attached hydrogen (secondary N) is 2. The minimum atomic E-state index is -0.608. The SMILES string of the molecule is Cc1ccc(N2C[C@H](C(=O)NNC(=O)c3ccc([N+](=O)[O-])cc3)CC2=O)cc1. The van der Waals surface area contributed by atoms with Gasteiger partial charge < -0.3 is 4.90 Å². The first-order chi connectivity index (χ1) is 13.3. The van der Waals surface area contributed by atoms with Crippen molar-refractivity contribution >= 4 is 29.1 Å². The minimum absolute atomic E-state index is 0.0487. The van der Waals surface area contributed by atoms with Crippen LogP contribution in [0.15, 0.2) is 48.5 Å². The standard InChI is InChI=1S/C19H18N4O5/c1-12-2-6-15(7-3-12)22-11-14(10-17(22)24)19(26)21-20-18(25)13-4-8-16(9-5-13)23(27)28/h2-9,14H,10-11H2,1H3,(H,20,25)(H,21,26)/t14-/m1/s1.